The monoisotopic (exact) mass is 543 g/mol. The van der Waals surface area contributed by atoms with Gasteiger partial charge in [-0.25, -0.2) is 0 Å². The van der Waals surface area contributed by atoms with Crippen molar-refractivity contribution in [1.82, 2.24) is 15.2 Å². The van der Waals surface area contributed by atoms with Gasteiger partial charge in [0.1, 0.15) is 0 Å². The van der Waals surface area contributed by atoms with E-state index in [1.807, 2.05) is 64.1 Å². The maximum absolute atomic E-state index is 13.5. The highest BCUT2D eigenvalue weighted by Gasteiger charge is 2.36. The summed E-state index contributed by atoms with van der Waals surface area (Å²) in [6.07, 6.45) is 7.00. The van der Waals surface area contributed by atoms with E-state index in [1.54, 1.807) is 0 Å². The number of carbonyl (C=O) groups excluding carboxylic acids is 2. The zero-order chi connectivity index (χ0) is 28.6. The molecule has 0 unspecified atom stereocenters. The molecule has 0 spiro atoms. The molecule has 0 bridgehead atoms. The standard InChI is InChI=1S/C33H41N3O4/c1-20-27(31(38)34-25-15-24(16-25)32(39)40)18-29(36(20)19-21-10-6-5-7-11-21)28-17-23(30(37)35-33(2,3)4)14-22-12-8-9-13-26(22)28/h8-9,12-14,17-18,21,24-25H,5-7,10-11,15-16,19H2,1-4H3,(H,34,38)(H,35,37)(H,39,40)/t24-,25-. The molecule has 40 heavy (non-hydrogen) atoms. The van der Waals surface area contributed by atoms with Crippen LogP contribution in [0.1, 0.15) is 92.1 Å². The molecule has 3 N–H and O–H groups in total. The van der Waals surface area contributed by atoms with Crippen LogP contribution in [-0.4, -0.2) is 39.0 Å². The summed E-state index contributed by atoms with van der Waals surface area (Å²) in [5, 5.41) is 17.4. The van der Waals surface area contributed by atoms with Gasteiger partial charge < -0.3 is 20.3 Å². The summed E-state index contributed by atoms with van der Waals surface area (Å²) in [6, 6.07) is 13.8. The molecule has 2 aromatic carbocycles. The van der Waals surface area contributed by atoms with Crippen molar-refractivity contribution in [2.24, 2.45) is 11.8 Å². The highest BCUT2D eigenvalue weighted by atomic mass is 16.4. The summed E-state index contributed by atoms with van der Waals surface area (Å²) >= 11 is 0. The first-order chi connectivity index (χ1) is 19.0. The number of rotatable bonds is 7. The molecule has 0 atom stereocenters. The molecular weight excluding hydrogens is 502 g/mol. The third kappa shape index (κ3) is 5.93. The largest absolute Gasteiger partial charge is 0.481 e. The van der Waals surface area contributed by atoms with E-state index in [-0.39, 0.29) is 29.3 Å². The van der Waals surface area contributed by atoms with Gasteiger partial charge in [-0.2, -0.15) is 0 Å². The summed E-state index contributed by atoms with van der Waals surface area (Å²) in [5.41, 5.74) is 3.61. The zero-order valence-corrected chi connectivity index (χ0v) is 24.0. The molecule has 2 amide bonds. The van der Waals surface area contributed by atoms with Crippen LogP contribution in [0.25, 0.3) is 22.0 Å². The highest BCUT2D eigenvalue weighted by molar-refractivity contribution is 6.05. The van der Waals surface area contributed by atoms with E-state index in [0.29, 0.717) is 29.9 Å². The number of fused-ring (bicyclic) bond motifs is 1. The number of carboxylic acid groups (broad SMARTS) is 1. The van der Waals surface area contributed by atoms with Crippen molar-refractivity contribution in [2.45, 2.75) is 90.8 Å². The Morgan fingerprint density at radius 2 is 1.68 bits per heavy atom. The first-order valence-electron chi connectivity index (χ1n) is 14.6. The van der Waals surface area contributed by atoms with Crippen molar-refractivity contribution in [2.75, 3.05) is 0 Å². The lowest BCUT2D eigenvalue weighted by Gasteiger charge is -2.32. The third-order valence-electron chi connectivity index (χ3n) is 8.49. The summed E-state index contributed by atoms with van der Waals surface area (Å²) in [4.78, 5) is 38.0. The lowest BCUT2D eigenvalue weighted by atomic mass is 9.80. The van der Waals surface area contributed by atoms with Crippen LogP contribution in [0.4, 0.5) is 0 Å². The normalized spacial score (nSPS) is 19.7. The van der Waals surface area contributed by atoms with E-state index >= 15 is 0 Å². The van der Waals surface area contributed by atoms with E-state index in [4.69, 9.17) is 0 Å². The molecule has 2 aliphatic carbocycles. The van der Waals surface area contributed by atoms with Crippen LogP contribution in [-0.2, 0) is 11.3 Å². The second-order valence-corrected chi connectivity index (χ2v) is 12.8. The van der Waals surface area contributed by atoms with Crippen LogP contribution in [0.15, 0.2) is 42.5 Å². The number of nitrogens with one attached hydrogen (secondary N) is 2. The maximum atomic E-state index is 13.5. The molecule has 0 radical (unpaired) electrons. The number of carbonyl (C=O) groups is 3. The van der Waals surface area contributed by atoms with E-state index < -0.39 is 5.97 Å². The van der Waals surface area contributed by atoms with Gasteiger partial charge in [-0.15, -0.1) is 0 Å². The van der Waals surface area contributed by atoms with Gasteiger partial charge in [-0.3, -0.25) is 14.4 Å². The van der Waals surface area contributed by atoms with Gasteiger partial charge in [0, 0.05) is 40.6 Å². The third-order valence-corrected chi connectivity index (χ3v) is 8.49. The molecule has 0 saturated heterocycles. The number of carboxylic acids is 1. The quantitative estimate of drug-likeness (QED) is 0.325. The number of hydrogen-bond acceptors (Lipinski definition) is 3. The Kier molecular flexibility index (Phi) is 7.76. The number of amides is 2. The second kappa shape index (κ2) is 11.1. The molecule has 0 aliphatic heterocycles. The van der Waals surface area contributed by atoms with Crippen molar-refractivity contribution in [1.29, 1.82) is 0 Å². The molecule has 7 heteroatoms. The van der Waals surface area contributed by atoms with Crippen LogP contribution in [0.2, 0.25) is 0 Å². The number of benzene rings is 2. The van der Waals surface area contributed by atoms with Crippen molar-refractivity contribution in [3.05, 3.63) is 59.3 Å². The molecular formula is C33H41N3O4. The molecule has 2 fully saturated rings. The Morgan fingerprint density at radius 1 is 0.975 bits per heavy atom. The van der Waals surface area contributed by atoms with Crippen LogP contribution >= 0.6 is 0 Å². The first-order valence-corrected chi connectivity index (χ1v) is 14.6. The smallest absolute Gasteiger partial charge is 0.306 e. The van der Waals surface area contributed by atoms with Gasteiger partial charge in [-0.05, 0) is 88.3 Å². The minimum atomic E-state index is -0.801. The lowest BCUT2D eigenvalue weighted by molar-refractivity contribution is -0.145. The summed E-state index contributed by atoms with van der Waals surface area (Å²) in [5.74, 6) is -0.939. The van der Waals surface area contributed by atoms with Crippen LogP contribution < -0.4 is 10.6 Å². The average Bonchev–Trinajstić information content (AvgIpc) is 3.20. The molecule has 212 valence electrons. The Bertz CT molecular complexity index is 1440. The number of aliphatic carboxylic acids is 1. The molecule has 2 aliphatic rings. The number of aromatic nitrogens is 1. The van der Waals surface area contributed by atoms with Crippen molar-refractivity contribution in [3.8, 4) is 11.3 Å². The zero-order valence-electron chi connectivity index (χ0n) is 24.0. The van der Waals surface area contributed by atoms with Crippen LogP contribution in [0, 0.1) is 18.8 Å². The van der Waals surface area contributed by atoms with Gasteiger partial charge in [0.25, 0.3) is 11.8 Å². The first kappa shape index (κ1) is 27.9. The fraction of sp³-hybridized carbons (Fsp3) is 0.485. The minimum absolute atomic E-state index is 0.122. The Balaban J connectivity index is 1.57. The molecule has 7 nitrogen and oxygen atoms in total. The predicted octanol–water partition coefficient (Wildman–Crippen LogP) is 6.32. The number of hydrogen-bond donors (Lipinski definition) is 3. The average molecular weight is 544 g/mol. The summed E-state index contributed by atoms with van der Waals surface area (Å²) < 4.78 is 2.28. The van der Waals surface area contributed by atoms with Gasteiger partial charge in [0.05, 0.1) is 11.5 Å². The topological polar surface area (TPSA) is 100 Å². The molecule has 5 rings (SSSR count). The second-order valence-electron chi connectivity index (χ2n) is 12.8. The van der Waals surface area contributed by atoms with Crippen LogP contribution in [0.3, 0.4) is 0 Å². The highest BCUT2D eigenvalue weighted by Crippen LogP contribution is 2.36. The van der Waals surface area contributed by atoms with E-state index in [0.717, 1.165) is 34.3 Å². The minimum Gasteiger partial charge on any atom is -0.481 e. The number of nitrogens with zero attached hydrogens (tertiary/aromatic N) is 1. The van der Waals surface area contributed by atoms with E-state index in [9.17, 15) is 19.5 Å². The molecule has 1 heterocycles. The van der Waals surface area contributed by atoms with Gasteiger partial charge in [0.2, 0.25) is 0 Å². The van der Waals surface area contributed by atoms with Crippen molar-refractivity contribution >= 4 is 28.6 Å². The Hall–Kier alpha value is -3.61. The Morgan fingerprint density at radius 3 is 2.35 bits per heavy atom. The Labute approximate surface area is 236 Å². The van der Waals surface area contributed by atoms with Gasteiger partial charge in [0.15, 0.2) is 0 Å². The lowest BCUT2D eigenvalue weighted by Crippen LogP contribution is -2.46. The van der Waals surface area contributed by atoms with Crippen LogP contribution in [0.5, 0.6) is 0 Å². The fourth-order valence-electron chi connectivity index (χ4n) is 6.23. The predicted molar refractivity (Wildman–Crippen MR) is 158 cm³/mol. The summed E-state index contributed by atoms with van der Waals surface area (Å²) in [6.45, 7) is 8.73. The maximum Gasteiger partial charge on any atom is 0.306 e. The van der Waals surface area contributed by atoms with Crippen molar-refractivity contribution < 1.29 is 19.5 Å². The fourth-order valence-corrected chi connectivity index (χ4v) is 6.23. The SMILES string of the molecule is Cc1c(C(=O)N[C@H]2C[C@H](C(=O)O)C2)cc(-c2cc(C(=O)NC(C)(C)C)cc3ccccc23)n1CC1CCCCC1. The molecule has 1 aromatic heterocycles. The molecule has 2 saturated carbocycles. The van der Waals surface area contributed by atoms with E-state index in [2.05, 4.69) is 21.3 Å². The van der Waals surface area contributed by atoms with Crippen molar-refractivity contribution in [3.63, 3.8) is 0 Å². The summed E-state index contributed by atoms with van der Waals surface area (Å²) in [7, 11) is 0. The van der Waals surface area contributed by atoms with Gasteiger partial charge in [-0.1, -0.05) is 43.5 Å². The van der Waals surface area contributed by atoms with Gasteiger partial charge >= 0.3 is 5.97 Å². The molecule has 3 aromatic rings. The van der Waals surface area contributed by atoms with E-state index in [1.165, 1.54) is 32.1 Å².